The van der Waals surface area contributed by atoms with E-state index in [0.717, 1.165) is 25.2 Å². The summed E-state index contributed by atoms with van der Waals surface area (Å²) in [5, 5.41) is 14.5. The fraction of sp³-hybridized carbons (Fsp3) is 0.458. The molecule has 2 aliphatic rings. The second-order valence-electron chi connectivity index (χ2n) is 9.40. The molecule has 11 heteroatoms. The molecule has 0 radical (unpaired) electrons. The van der Waals surface area contributed by atoms with Crippen molar-refractivity contribution in [3.63, 3.8) is 0 Å². The molecule has 2 aliphatic carbocycles. The lowest BCUT2D eigenvalue weighted by Gasteiger charge is -2.42. The van der Waals surface area contributed by atoms with E-state index in [0.29, 0.717) is 28.3 Å². The van der Waals surface area contributed by atoms with Gasteiger partial charge >= 0.3 is 0 Å². The van der Waals surface area contributed by atoms with Crippen molar-refractivity contribution in [1.82, 2.24) is 4.72 Å². The van der Waals surface area contributed by atoms with Crippen LogP contribution in [0.3, 0.4) is 0 Å². The zero-order valence-electron chi connectivity index (χ0n) is 19.3. The molecule has 35 heavy (non-hydrogen) atoms. The first-order valence-electron chi connectivity index (χ1n) is 11.3. The number of hydrogen-bond acceptors (Lipinski definition) is 5. The summed E-state index contributed by atoms with van der Waals surface area (Å²) in [6.07, 6.45) is 4.13. The summed E-state index contributed by atoms with van der Waals surface area (Å²) in [5.41, 5.74) is -0.538. The first-order chi connectivity index (χ1) is 16.4. The quantitative estimate of drug-likeness (QED) is 0.468. The van der Waals surface area contributed by atoms with Crippen molar-refractivity contribution in [2.45, 2.75) is 48.4 Å². The molecule has 190 valence electrons. The Hall–Kier alpha value is -1.72. The van der Waals surface area contributed by atoms with Crippen LogP contribution in [0.15, 0.2) is 35.2 Å². The number of carbonyl (C=O) groups is 1. The minimum absolute atomic E-state index is 0.0115. The summed E-state index contributed by atoms with van der Waals surface area (Å²) in [6.45, 7) is 1.40. The van der Waals surface area contributed by atoms with Crippen LogP contribution in [0.2, 0.25) is 5.02 Å². The van der Waals surface area contributed by atoms with Crippen LogP contribution >= 0.6 is 23.4 Å². The van der Waals surface area contributed by atoms with Crippen LogP contribution in [-0.4, -0.2) is 43.1 Å². The van der Waals surface area contributed by atoms with E-state index in [1.165, 1.54) is 24.8 Å². The highest BCUT2D eigenvalue weighted by molar-refractivity contribution is 8.00. The maximum Gasteiger partial charge on any atom is 0.255 e. The van der Waals surface area contributed by atoms with Crippen molar-refractivity contribution in [3.05, 3.63) is 58.1 Å². The van der Waals surface area contributed by atoms with Crippen LogP contribution < -0.4 is 10.0 Å². The fourth-order valence-corrected chi connectivity index (χ4v) is 7.27. The number of rotatable bonds is 7. The lowest BCUT2D eigenvalue weighted by molar-refractivity contribution is -0.0519. The highest BCUT2D eigenvalue weighted by Crippen LogP contribution is 2.53. The van der Waals surface area contributed by atoms with Crippen molar-refractivity contribution in [1.29, 1.82) is 0 Å². The maximum absolute atomic E-state index is 13.9. The first-order valence-corrected chi connectivity index (χ1v) is 14.4. The molecule has 1 unspecified atom stereocenters. The van der Waals surface area contributed by atoms with Crippen molar-refractivity contribution in [2.75, 3.05) is 18.1 Å². The molecular formula is C24H27ClF2N2O4S2. The molecule has 1 amide bonds. The van der Waals surface area contributed by atoms with Crippen molar-refractivity contribution >= 4 is 45.0 Å². The largest absolute Gasteiger partial charge is 0.388 e. The van der Waals surface area contributed by atoms with E-state index in [1.807, 2.05) is 0 Å². The van der Waals surface area contributed by atoms with Gasteiger partial charge in [-0.15, -0.1) is 11.8 Å². The van der Waals surface area contributed by atoms with Crippen LogP contribution in [0.5, 0.6) is 0 Å². The molecule has 0 aromatic heterocycles. The van der Waals surface area contributed by atoms with Crippen molar-refractivity contribution in [2.24, 2.45) is 11.8 Å². The number of sulfonamides is 1. The van der Waals surface area contributed by atoms with Gasteiger partial charge in [0, 0.05) is 33.5 Å². The molecule has 2 aromatic carbocycles. The third-order valence-corrected chi connectivity index (χ3v) is 9.48. The third kappa shape index (κ3) is 5.67. The van der Waals surface area contributed by atoms with E-state index in [2.05, 4.69) is 10.0 Å². The number of aliphatic hydroxyl groups is 1. The molecule has 0 aliphatic heterocycles. The Morgan fingerprint density at radius 2 is 1.86 bits per heavy atom. The lowest BCUT2D eigenvalue weighted by Crippen LogP contribution is -2.53. The Morgan fingerprint density at radius 1 is 1.20 bits per heavy atom. The Kier molecular flexibility index (Phi) is 7.51. The summed E-state index contributed by atoms with van der Waals surface area (Å²) in [6, 6.07) is 7.14. The summed E-state index contributed by atoms with van der Waals surface area (Å²) in [5.74, 6) is -2.52. The Labute approximate surface area is 212 Å². The number of fused-ring (bicyclic) bond motifs is 2. The van der Waals surface area contributed by atoms with E-state index in [-0.39, 0.29) is 34.9 Å². The van der Waals surface area contributed by atoms with Gasteiger partial charge < -0.3 is 10.4 Å². The topological polar surface area (TPSA) is 95.5 Å². The number of halogens is 3. The second-order valence-corrected chi connectivity index (χ2v) is 13.0. The molecule has 0 spiro atoms. The van der Waals surface area contributed by atoms with Gasteiger partial charge in [-0.2, -0.15) is 0 Å². The average Bonchev–Trinajstić information content (AvgIpc) is 2.95. The molecule has 2 saturated carbocycles. The van der Waals surface area contributed by atoms with Crippen LogP contribution in [-0.2, 0) is 10.0 Å². The predicted molar refractivity (Wildman–Crippen MR) is 133 cm³/mol. The number of nitrogens with one attached hydrogen (secondary N) is 2. The zero-order chi connectivity index (χ0) is 25.5. The van der Waals surface area contributed by atoms with Gasteiger partial charge in [-0.1, -0.05) is 11.6 Å². The number of thioether (sulfide) groups is 1. The molecule has 3 N–H and O–H groups in total. The van der Waals surface area contributed by atoms with E-state index in [4.69, 9.17) is 11.6 Å². The highest BCUT2D eigenvalue weighted by Gasteiger charge is 2.53. The number of anilines is 1. The standard InChI is InChI=1S/C24H27ClF2N2O4S2/c1-13-20(8-7-19(26)22(13)27)29-23(30)14-3-6-18(25)21(9-14)34-17-10-15-4-5-16(11-17)24(15,31)12-28-35(2,32)33/h3,6-9,15-17,28,31H,4-5,10-12H2,1-2H3,(H,29,30)/t15-,16?,17-,24-/m0/s1. The van der Waals surface area contributed by atoms with Gasteiger partial charge in [0.1, 0.15) is 0 Å². The molecule has 2 aromatic rings. The number of carbonyl (C=O) groups excluding carboxylic acids is 1. The molecule has 4 rings (SSSR count). The molecule has 4 atom stereocenters. The molecule has 0 heterocycles. The zero-order valence-corrected chi connectivity index (χ0v) is 21.7. The van der Waals surface area contributed by atoms with E-state index in [1.54, 1.807) is 18.2 Å². The fourth-order valence-electron chi connectivity index (χ4n) is 5.14. The van der Waals surface area contributed by atoms with Gasteiger partial charge in [0.15, 0.2) is 11.6 Å². The minimum atomic E-state index is -3.40. The van der Waals surface area contributed by atoms with E-state index in [9.17, 15) is 27.1 Å². The highest BCUT2D eigenvalue weighted by atomic mass is 35.5. The second kappa shape index (κ2) is 9.97. The Morgan fingerprint density at radius 3 is 2.49 bits per heavy atom. The molecule has 6 nitrogen and oxygen atoms in total. The maximum atomic E-state index is 13.9. The van der Waals surface area contributed by atoms with E-state index < -0.39 is 33.2 Å². The smallest absolute Gasteiger partial charge is 0.255 e. The Bertz CT molecular complexity index is 1240. The van der Waals surface area contributed by atoms with E-state index >= 15 is 0 Å². The summed E-state index contributed by atoms with van der Waals surface area (Å²) in [4.78, 5) is 13.5. The summed E-state index contributed by atoms with van der Waals surface area (Å²) in [7, 11) is -3.40. The Balaban J connectivity index is 1.46. The predicted octanol–water partition coefficient (Wildman–Crippen LogP) is 4.74. The van der Waals surface area contributed by atoms with Gasteiger partial charge in [0.2, 0.25) is 10.0 Å². The third-order valence-electron chi connectivity index (χ3n) is 7.06. The molecule has 0 saturated heterocycles. The first kappa shape index (κ1) is 26.3. The van der Waals surface area contributed by atoms with Gasteiger partial charge in [-0.3, -0.25) is 4.79 Å². The molecular weight excluding hydrogens is 518 g/mol. The lowest BCUT2D eigenvalue weighted by atomic mass is 9.74. The van der Waals surface area contributed by atoms with Crippen LogP contribution in [0.25, 0.3) is 0 Å². The average molecular weight is 545 g/mol. The minimum Gasteiger partial charge on any atom is -0.388 e. The molecule has 2 bridgehead atoms. The van der Waals surface area contributed by atoms with Crippen LogP contribution in [0.1, 0.15) is 41.6 Å². The summed E-state index contributed by atoms with van der Waals surface area (Å²) >= 11 is 7.96. The van der Waals surface area contributed by atoms with Crippen LogP contribution in [0, 0.1) is 30.4 Å². The number of hydrogen-bond donors (Lipinski definition) is 3. The SMILES string of the molecule is Cc1c(NC(=O)c2ccc(Cl)c(S[C@@H]3CC4CC[C@@H](C3)[C@@]4(O)CNS(C)(=O)=O)c2)ccc(F)c1F. The molecule has 2 fully saturated rings. The van der Waals surface area contributed by atoms with Crippen molar-refractivity contribution < 1.29 is 27.1 Å². The number of amides is 1. The monoisotopic (exact) mass is 544 g/mol. The number of benzene rings is 2. The van der Waals surface area contributed by atoms with Gasteiger partial charge in [-0.25, -0.2) is 21.9 Å². The normalized spacial score (nSPS) is 26.1. The van der Waals surface area contributed by atoms with Gasteiger partial charge in [0.05, 0.1) is 16.9 Å². The van der Waals surface area contributed by atoms with Gasteiger partial charge in [-0.05, 0) is 74.8 Å². The van der Waals surface area contributed by atoms with Crippen LogP contribution in [0.4, 0.5) is 14.5 Å². The van der Waals surface area contributed by atoms with Crippen molar-refractivity contribution in [3.8, 4) is 0 Å². The summed E-state index contributed by atoms with van der Waals surface area (Å²) < 4.78 is 52.8. The van der Waals surface area contributed by atoms with Gasteiger partial charge in [0.25, 0.3) is 5.91 Å².